The second-order valence-electron chi connectivity index (χ2n) is 5.92. The minimum Gasteiger partial charge on any atom is -0.493 e. The van der Waals surface area contributed by atoms with Gasteiger partial charge in [-0.15, -0.1) is 0 Å². The van der Waals surface area contributed by atoms with Crippen molar-refractivity contribution in [2.45, 2.75) is 13.2 Å². The smallest absolute Gasteiger partial charge is 0.166 e. The molecular formula is C21H17Cl3FNO2. The molecule has 0 saturated carbocycles. The van der Waals surface area contributed by atoms with E-state index in [0.717, 1.165) is 5.56 Å². The molecule has 0 radical (unpaired) electrons. The van der Waals surface area contributed by atoms with E-state index in [1.165, 1.54) is 12.1 Å². The van der Waals surface area contributed by atoms with Crippen molar-refractivity contribution in [1.29, 1.82) is 0 Å². The predicted molar refractivity (Wildman–Crippen MR) is 113 cm³/mol. The molecule has 0 aliphatic carbocycles. The highest BCUT2D eigenvalue weighted by atomic mass is 35.5. The summed E-state index contributed by atoms with van der Waals surface area (Å²) in [6.45, 7) is 0.610. The zero-order valence-corrected chi connectivity index (χ0v) is 17.2. The molecule has 3 rings (SSSR count). The number of para-hydroxylation sites is 1. The average Bonchev–Trinajstić information content (AvgIpc) is 2.68. The molecule has 0 atom stereocenters. The van der Waals surface area contributed by atoms with Crippen LogP contribution in [0.4, 0.5) is 10.1 Å². The maximum absolute atomic E-state index is 13.3. The maximum Gasteiger partial charge on any atom is 0.166 e. The third kappa shape index (κ3) is 4.82. The molecule has 0 bridgehead atoms. The molecule has 0 unspecified atom stereocenters. The Morgan fingerprint density at radius 2 is 1.64 bits per heavy atom. The third-order valence-corrected chi connectivity index (χ3v) is 5.10. The van der Waals surface area contributed by atoms with Crippen molar-refractivity contribution in [3.05, 3.63) is 86.6 Å². The van der Waals surface area contributed by atoms with Crippen LogP contribution in [0.25, 0.3) is 0 Å². The van der Waals surface area contributed by atoms with E-state index in [1.54, 1.807) is 31.4 Å². The number of nitrogens with one attached hydrogen (secondary N) is 1. The third-order valence-electron chi connectivity index (χ3n) is 4.11. The van der Waals surface area contributed by atoms with Crippen molar-refractivity contribution in [1.82, 2.24) is 0 Å². The summed E-state index contributed by atoms with van der Waals surface area (Å²) in [6, 6.07) is 15.3. The highest BCUT2D eigenvalue weighted by Crippen LogP contribution is 2.34. The van der Waals surface area contributed by atoms with Gasteiger partial charge in [-0.25, -0.2) is 4.39 Å². The van der Waals surface area contributed by atoms with Crippen LogP contribution in [0.3, 0.4) is 0 Å². The number of benzene rings is 3. The van der Waals surface area contributed by atoms with E-state index >= 15 is 0 Å². The molecule has 146 valence electrons. The van der Waals surface area contributed by atoms with Crippen LogP contribution in [0.1, 0.15) is 11.1 Å². The van der Waals surface area contributed by atoms with Gasteiger partial charge in [-0.1, -0.05) is 53.0 Å². The Morgan fingerprint density at radius 1 is 0.929 bits per heavy atom. The first-order chi connectivity index (χ1) is 13.5. The van der Waals surface area contributed by atoms with E-state index in [9.17, 15) is 4.39 Å². The van der Waals surface area contributed by atoms with Crippen LogP contribution in [0.2, 0.25) is 15.1 Å². The van der Waals surface area contributed by atoms with Gasteiger partial charge in [0.05, 0.1) is 12.1 Å². The molecule has 1 N–H and O–H groups in total. The number of methoxy groups -OCH3 is 1. The Morgan fingerprint density at radius 3 is 2.32 bits per heavy atom. The van der Waals surface area contributed by atoms with Crippen LogP contribution < -0.4 is 14.8 Å². The lowest BCUT2D eigenvalue weighted by Gasteiger charge is -2.17. The molecule has 0 aromatic heterocycles. The minimum atomic E-state index is -0.464. The lowest BCUT2D eigenvalue weighted by Crippen LogP contribution is -2.06. The fourth-order valence-corrected chi connectivity index (χ4v) is 3.33. The molecule has 0 fully saturated rings. The molecule has 3 aromatic carbocycles. The van der Waals surface area contributed by atoms with Crippen molar-refractivity contribution >= 4 is 40.5 Å². The average molecular weight is 441 g/mol. The topological polar surface area (TPSA) is 30.5 Å². The van der Waals surface area contributed by atoms with Gasteiger partial charge in [0, 0.05) is 33.4 Å². The number of ether oxygens (including phenoxy) is 2. The predicted octanol–water partition coefficient (Wildman–Crippen LogP) is 6.99. The van der Waals surface area contributed by atoms with Gasteiger partial charge in [0.1, 0.15) is 12.4 Å². The Kier molecular flexibility index (Phi) is 6.89. The summed E-state index contributed by atoms with van der Waals surface area (Å²) in [4.78, 5) is 0. The van der Waals surface area contributed by atoms with Crippen molar-refractivity contribution < 1.29 is 13.9 Å². The summed E-state index contributed by atoms with van der Waals surface area (Å²) >= 11 is 18.3. The van der Waals surface area contributed by atoms with Gasteiger partial charge in [0.2, 0.25) is 0 Å². The van der Waals surface area contributed by atoms with Crippen LogP contribution >= 0.6 is 34.8 Å². The Labute approximate surface area is 177 Å². The number of rotatable bonds is 7. The van der Waals surface area contributed by atoms with Gasteiger partial charge < -0.3 is 14.8 Å². The van der Waals surface area contributed by atoms with Crippen LogP contribution in [0.15, 0.2) is 54.6 Å². The van der Waals surface area contributed by atoms with E-state index in [0.29, 0.717) is 39.3 Å². The number of hydrogen-bond donors (Lipinski definition) is 1. The molecule has 0 aliphatic heterocycles. The molecule has 0 saturated heterocycles. The molecule has 28 heavy (non-hydrogen) atoms. The molecule has 3 aromatic rings. The Hall–Kier alpha value is -2.14. The Bertz CT molecular complexity index is 962. The second-order valence-corrected chi connectivity index (χ2v) is 7.14. The van der Waals surface area contributed by atoms with E-state index in [-0.39, 0.29) is 11.6 Å². The fourth-order valence-electron chi connectivity index (χ4n) is 2.64. The molecule has 0 aliphatic rings. The van der Waals surface area contributed by atoms with Crippen LogP contribution in [0, 0.1) is 5.82 Å². The molecule has 0 spiro atoms. The van der Waals surface area contributed by atoms with Crippen molar-refractivity contribution in [3.8, 4) is 11.5 Å². The highest BCUT2D eigenvalue weighted by molar-refractivity contribution is 6.36. The molecule has 0 heterocycles. The molecular weight excluding hydrogens is 424 g/mol. The summed E-state index contributed by atoms with van der Waals surface area (Å²) in [7, 11) is 1.57. The maximum atomic E-state index is 13.3. The van der Waals surface area contributed by atoms with Gasteiger partial charge >= 0.3 is 0 Å². The minimum absolute atomic E-state index is 0.0560. The summed E-state index contributed by atoms with van der Waals surface area (Å²) in [6.07, 6.45) is 0. The van der Waals surface area contributed by atoms with E-state index in [4.69, 9.17) is 44.3 Å². The fraction of sp³-hybridized carbons (Fsp3) is 0.143. The van der Waals surface area contributed by atoms with E-state index in [1.807, 2.05) is 18.2 Å². The van der Waals surface area contributed by atoms with Crippen LogP contribution in [0.5, 0.6) is 11.5 Å². The van der Waals surface area contributed by atoms with Gasteiger partial charge in [-0.2, -0.15) is 0 Å². The first-order valence-corrected chi connectivity index (χ1v) is 9.53. The number of halogens is 4. The zero-order chi connectivity index (χ0) is 20.1. The summed E-state index contributed by atoms with van der Waals surface area (Å²) in [5, 5.41) is 4.32. The van der Waals surface area contributed by atoms with Gasteiger partial charge in [0.25, 0.3) is 0 Å². The van der Waals surface area contributed by atoms with Crippen molar-refractivity contribution in [2.75, 3.05) is 12.4 Å². The highest BCUT2D eigenvalue weighted by Gasteiger charge is 2.13. The number of hydrogen-bond acceptors (Lipinski definition) is 3. The van der Waals surface area contributed by atoms with Gasteiger partial charge in [-0.3, -0.25) is 0 Å². The standard InChI is InChI=1S/C21H17Cl3FNO2/c1-27-20-7-2-4-13(11-26-14-8-9-19(25)18(24)10-14)21(20)28-12-15-16(22)5-3-6-17(15)23/h2-10,26H,11-12H2,1H3. The first-order valence-electron chi connectivity index (χ1n) is 8.40. The molecule has 7 heteroatoms. The lowest BCUT2D eigenvalue weighted by molar-refractivity contribution is 0.282. The van der Waals surface area contributed by atoms with Crippen LogP contribution in [-0.4, -0.2) is 7.11 Å². The van der Waals surface area contributed by atoms with E-state index in [2.05, 4.69) is 5.32 Å². The zero-order valence-electron chi connectivity index (χ0n) is 14.9. The second kappa shape index (κ2) is 9.37. The molecule has 3 nitrogen and oxygen atoms in total. The largest absolute Gasteiger partial charge is 0.493 e. The quantitative estimate of drug-likeness (QED) is 0.429. The summed E-state index contributed by atoms with van der Waals surface area (Å²) in [5.41, 5.74) is 2.23. The first kappa shape index (κ1) is 20.6. The van der Waals surface area contributed by atoms with Crippen LogP contribution in [-0.2, 0) is 13.2 Å². The Balaban J connectivity index is 1.81. The number of anilines is 1. The summed E-state index contributed by atoms with van der Waals surface area (Å²) in [5.74, 6) is 0.690. The lowest BCUT2D eigenvalue weighted by atomic mass is 10.1. The normalized spacial score (nSPS) is 10.6. The van der Waals surface area contributed by atoms with Gasteiger partial charge in [-0.05, 0) is 36.4 Å². The SMILES string of the molecule is COc1cccc(CNc2ccc(F)c(Cl)c2)c1OCc1c(Cl)cccc1Cl. The van der Waals surface area contributed by atoms with Crippen molar-refractivity contribution in [3.63, 3.8) is 0 Å². The summed E-state index contributed by atoms with van der Waals surface area (Å²) < 4.78 is 24.8. The van der Waals surface area contributed by atoms with Crippen molar-refractivity contribution in [2.24, 2.45) is 0 Å². The van der Waals surface area contributed by atoms with Gasteiger partial charge in [0.15, 0.2) is 11.5 Å². The monoisotopic (exact) mass is 439 g/mol. The molecule has 0 amide bonds. The van der Waals surface area contributed by atoms with E-state index < -0.39 is 5.82 Å².